The van der Waals surface area contributed by atoms with Crippen LogP contribution in [0.25, 0.3) is 0 Å². The molecule has 6 amide bonds. The van der Waals surface area contributed by atoms with Crippen LogP contribution in [-0.2, 0) is 33.6 Å². The number of nitrogens with two attached hydrogens (primary N) is 6. The van der Waals surface area contributed by atoms with Gasteiger partial charge in [-0.05, 0) is 50.4 Å². The Morgan fingerprint density at radius 3 is 1.55 bits per heavy atom. The minimum atomic E-state index is -1.56. The zero-order valence-corrected chi connectivity index (χ0v) is 29.8. The fourth-order valence-electron chi connectivity index (χ4n) is 4.62. The highest BCUT2D eigenvalue weighted by Gasteiger charge is 2.31. The molecule has 21 heteroatoms. The molecule has 0 spiro atoms. The normalized spacial score (nSPS) is 13.8. The van der Waals surface area contributed by atoms with Gasteiger partial charge in [0, 0.05) is 13.1 Å². The lowest BCUT2D eigenvalue weighted by atomic mass is 10.0. The van der Waals surface area contributed by atoms with E-state index >= 15 is 0 Å². The Kier molecular flexibility index (Phi) is 21.6. The van der Waals surface area contributed by atoms with E-state index in [1.807, 2.05) is 13.8 Å². The quantitative estimate of drug-likeness (QED) is 0.0240. The number of hydrogen-bond acceptors (Lipinski definition) is 10. The highest BCUT2D eigenvalue weighted by Crippen LogP contribution is 2.09. The van der Waals surface area contributed by atoms with E-state index in [-0.39, 0.29) is 62.5 Å². The molecule has 0 rings (SSSR count). The summed E-state index contributed by atoms with van der Waals surface area (Å²) in [5.74, 6) is -6.64. The third kappa shape index (κ3) is 21.5. The number of carbonyl (C=O) groups is 7. The van der Waals surface area contributed by atoms with Gasteiger partial charge >= 0.3 is 5.97 Å². The number of guanidine groups is 2. The second-order valence-corrected chi connectivity index (χ2v) is 12.8. The van der Waals surface area contributed by atoms with Crippen LogP contribution in [0.1, 0.15) is 72.6 Å². The maximum atomic E-state index is 13.3. The maximum absolute atomic E-state index is 13.3. The lowest BCUT2D eigenvalue weighted by Crippen LogP contribution is -2.57. The molecule has 0 bridgehead atoms. The topological polar surface area (TPSA) is 381 Å². The van der Waals surface area contributed by atoms with E-state index in [1.165, 1.54) is 0 Å². The van der Waals surface area contributed by atoms with Gasteiger partial charge in [-0.3, -0.25) is 38.8 Å². The van der Waals surface area contributed by atoms with Crippen molar-refractivity contribution in [2.24, 2.45) is 56.2 Å². The van der Waals surface area contributed by atoms with Crippen molar-refractivity contribution in [1.29, 1.82) is 0 Å². The summed E-state index contributed by atoms with van der Waals surface area (Å²) in [6.45, 7) is 6.90. The van der Waals surface area contributed by atoms with Crippen molar-refractivity contribution >= 4 is 53.3 Å². The lowest BCUT2D eigenvalue weighted by molar-refractivity contribution is -0.142. The number of hydrogen-bond donors (Lipinski definition) is 12. The first kappa shape index (κ1) is 45.8. The minimum Gasteiger partial charge on any atom is -0.480 e. The molecule has 290 valence electrons. The van der Waals surface area contributed by atoms with Crippen LogP contribution < -0.4 is 61.0 Å². The highest BCUT2D eigenvalue weighted by atomic mass is 16.4. The lowest BCUT2D eigenvalue weighted by Gasteiger charge is -2.25. The average molecular weight is 728 g/mol. The Morgan fingerprint density at radius 2 is 1.08 bits per heavy atom. The van der Waals surface area contributed by atoms with E-state index in [0.29, 0.717) is 12.8 Å². The summed E-state index contributed by atoms with van der Waals surface area (Å²) in [4.78, 5) is 96.2. The van der Waals surface area contributed by atoms with Crippen molar-refractivity contribution < 1.29 is 38.7 Å². The molecule has 51 heavy (non-hydrogen) atoms. The summed E-state index contributed by atoms with van der Waals surface area (Å²) in [5.41, 5.74) is 32.5. The van der Waals surface area contributed by atoms with Gasteiger partial charge in [-0.1, -0.05) is 27.7 Å². The molecule has 0 fully saturated rings. The van der Waals surface area contributed by atoms with Crippen LogP contribution in [0.3, 0.4) is 0 Å². The number of aliphatic imine (C=N–C) groups is 2. The predicted octanol–water partition coefficient (Wildman–Crippen LogP) is -4.47. The molecule has 0 aliphatic carbocycles. The van der Waals surface area contributed by atoms with E-state index < -0.39 is 84.6 Å². The monoisotopic (exact) mass is 727 g/mol. The Bertz CT molecular complexity index is 1250. The van der Waals surface area contributed by atoms with Crippen LogP contribution in [0.15, 0.2) is 9.98 Å². The van der Waals surface area contributed by atoms with Crippen LogP contribution >= 0.6 is 0 Å². The highest BCUT2D eigenvalue weighted by molar-refractivity contribution is 5.96. The van der Waals surface area contributed by atoms with Crippen LogP contribution in [-0.4, -0.2) is 108 Å². The number of nitrogens with zero attached hydrogens (tertiary/aromatic N) is 2. The first-order valence-electron chi connectivity index (χ1n) is 16.6. The Balaban J connectivity index is 5.69. The van der Waals surface area contributed by atoms with Crippen molar-refractivity contribution in [1.82, 2.24) is 26.6 Å². The number of carbonyl (C=O) groups excluding carboxylic acids is 6. The van der Waals surface area contributed by atoms with E-state index in [4.69, 9.17) is 34.4 Å². The van der Waals surface area contributed by atoms with E-state index in [1.54, 1.807) is 13.8 Å². The molecule has 0 aromatic carbocycles. The van der Waals surface area contributed by atoms with Crippen LogP contribution in [0.2, 0.25) is 0 Å². The van der Waals surface area contributed by atoms with Gasteiger partial charge in [-0.15, -0.1) is 0 Å². The molecule has 0 aromatic heterocycles. The van der Waals surface area contributed by atoms with E-state index in [9.17, 15) is 38.7 Å². The van der Waals surface area contributed by atoms with Crippen molar-refractivity contribution in [3.8, 4) is 0 Å². The fraction of sp³-hybridized carbons (Fsp3) is 0.700. The van der Waals surface area contributed by atoms with E-state index in [0.717, 1.165) is 0 Å². The van der Waals surface area contributed by atoms with Crippen molar-refractivity contribution in [3.63, 3.8) is 0 Å². The molecule has 0 radical (unpaired) electrons. The molecule has 0 saturated heterocycles. The molecule has 18 N–H and O–H groups in total. The third-order valence-electron chi connectivity index (χ3n) is 7.02. The third-order valence-corrected chi connectivity index (χ3v) is 7.02. The standard InChI is InChI=1S/C30H57N13O8/c1-15(2)11-17(31)24(46)41-18(7-5-9-37-29(33)34)25(47)39-14-23(45)40-21(13-22(32)44)27(49)43-20(12-16(3)4)26(48)42-19(28(50)51)8-6-10-38-30(35)36/h15-21H,5-14,31H2,1-4H3,(H2,32,44)(H,39,47)(H,40,45)(H,41,46)(H,42,48)(H,43,49)(H,50,51)(H4,33,34,37)(H4,35,36,38)/t17-,18-,19-,20-,21-/m0/s1. The molecule has 0 unspecified atom stereocenters. The van der Waals surface area contributed by atoms with E-state index in [2.05, 4.69) is 36.6 Å². The second kappa shape index (κ2) is 24.0. The Hall–Kier alpha value is -5.21. The first-order chi connectivity index (χ1) is 23.7. The van der Waals surface area contributed by atoms with Gasteiger partial charge in [-0.25, -0.2) is 4.79 Å². The molecule has 0 aromatic rings. The average Bonchev–Trinajstić information content (AvgIpc) is 3.00. The number of aliphatic carboxylic acids is 1. The number of nitrogens with one attached hydrogen (secondary N) is 5. The summed E-state index contributed by atoms with van der Waals surface area (Å²) < 4.78 is 0. The molecule has 0 aliphatic heterocycles. The largest absolute Gasteiger partial charge is 0.480 e. The summed E-state index contributed by atoms with van der Waals surface area (Å²) in [6.07, 6.45) is 0.368. The maximum Gasteiger partial charge on any atom is 0.326 e. The smallest absolute Gasteiger partial charge is 0.326 e. The zero-order valence-electron chi connectivity index (χ0n) is 29.8. The number of carboxylic acids is 1. The van der Waals surface area contributed by atoms with Crippen LogP contribution in [0, 0.1) is 11.8 Å². The summed E-state index contributed by atoms with van der Waals surface area (Å²) in [6, 6.07) is -6.14. The van der Waals surface area contributed by atoms with Crippen molar-refractivity contribution in [2.75, 3.05) is 19.6 Å². The number of amides is 6. The molecular weight excluding hydrogens is 670 g/mol. The van der Waals surface area contributed by atoms with Crippen LogP contribution in [0.4, 0.5) is 0 Å². The van der Waals surface area contributed by atoms with Crippen molar-refractivity contribution in [2.45, 2.75) is 103 Å². The first-order valence-corrected chi connectivity index (χ1v) is 16.6. The second-order valence-electron chi connectivity index (χ2n) is 12.8. The molecule has 0 saturated carbocycles. The molecule has 0 aliphatic rings. The Morgan fingerprint density at radius 1 is 0.608 bits per heavy atom. The Labute approximate surface area is 297 Å². The predicted molar refractivity (Wildman–Crippen MR) is 189 cm³/mol. The molecule has 21 nitrogen and oxygen atoms in total. The van der Waals surface area contributed by atoms with Gasteiger partial charge in [0.2, 0.25) is 35.4 Å². The van der Waals surface area contributed by atoms with Crippen molar-refractivity contribution in [3.05, 3.63) is 0 Å². The molecule has 0 heterocycles. The fourth-order valence-corrected chi connectivity index (χ4v) is 4.62. The van der Waals surface area contributed by atoms with Crippen LogP contribution in [0.5, 0.6) is 0 Å². The molecule has 5 atom stereocenters. The van der Waals surface area contributed by atoms with Gasteiger partial charge in [0.05, 0.1) is 19.0 Å². The molecular formula is C30H57N13O8. The SMILES string of the molecule is CC(C)C[C@H](NC(=O)[C@H](CC(N)=O)NC(=O)CNC(=O)[C@H](CCCN=C(N)N)NC(=O)[C@@H](N)CC(C)C)C(=O)N[C@@H](CCCN=C(N)N)C(=O)O. The van der Waals surface area contributed by atoms with Gasteiger partial charge in [0.1, 0.15) is 24.2 Å². The number of primary amides is 1. The summed E-state index contributed by atoms with van der Waals surface area (Å²) >= 11 is 0. The van der Waals surface area contributed by atoms with Gasteiger partial charge < -0.3 is 66.1 Å². The number of carboxylic acid groups (broad SMARTS) is 1. The summed E-state index contributed by atoms with van der Waals surface area (Å²) in [7, 11) is 0. The zero-order chi connectivity index (χ0) is 39.3. The minimum absolute atomic E-state index is 0.0160. The van der Waals surface area contributed by atoms with Gasteiger partial charge in [0.15, 0.2) is 11.9 Å². The summed E-state index contributed by atoms with van der Waals surface area (Å²) in [5, 5.41) is 21.7. The van der Waals surface area contributed by atoms with Gasteiger partial charge in [-0.2, -0.15) is 0 Å². The number of rotatable bonds is 25. The van der Waals surface area contributed by atoms with Gasteiger partial charge in [0.25, 0.3) is 0 Å².